The van der Waals surface area contributed by atoms with E-state index in [1.54, 1.807) is 6.92 Å². The van der Waals surface area contributed by atoms with Crippen LogP contribution in [0, 0.1) is 6.92 Å². The van der Waals surface area contributed by atoms with E-state index in [2.05, 4.69) is 24.8 Å². The van der Waals surface area contributed by atoms with Crippen LogP contribution >= 0.6 is 11.3 Å². The van der Waals surface area contributed by atoms with Crippen molar-refractivity contribution in [1.82, 2.24) is 24.6 Å². The fraction of sp³-hybridized carbons (Fsp3) is 0.158. The summed E-state index contributed by atoms with van der Waals surface area (Å²) in [5.74, 6) is 0.300. The number of nitrogens with zero attached hydrogens (tertiary/aromatic N) is 5. The Kier molecular flexibility index (Phi) is 4.29. The second-order valence-corrected chi connectivity index (χ2v) is 7.63. The first-order chi connectivity index (χ1) is 14.7. The molecule has 0 aliphatic rings. The van der Waals surface area contributed by atoms with Crippen LogP contribution in [0.2, 0.25) is 0 Å². The molecule has 0 atom stereocenters. The number of benzene rings is 1. The van der Waals surface area contributed by atoms with Gasteiger partial charge in [0, 0.05) is 10.9 Å². The van der Waals surface area contributed by atoms with E-state index in [0.717, 1.165) is 17.4 Å². The number of aryl methyl sites for hydroxylation is 1. The van der Waals surface area contributed by atoms with Crippen LogP contribution < -0.4 is 4.74 Å². The number of hydrogen-bond donors (Lipinski definition) is 0. The van der Waals surface area contributed by atoms with Crippen LogP contribution in [0.15, 0.2) is 36.7 Å². The smallest absolute Gasteiger partial charge is 0.433 e. The molecule has 5 rings (SSSR count). The minimum absolute atomic E-state index is 0.00176. The molecule has 1 aromatic carbocycles. The number of ether oxygens (including phenoxy) is 1. The predicted molar refractivity (Wildman–Crippen MR) is 103 cm³/mol. The molecule has 0 amide bonds. The zero-order chi connectivity index (χ0) is 21.9. The summed E-state index contributed by atoms with van der Waals surface area (Å²) in [6, 6.07) is 6.80. The van der Waals surface area contributed by atoms with Gasteiger partial charge in [0.25, 0.3) is 0 Å². The molecule has 0 aliphatic heterocycles. The van der Waals surface area contributed by atoms with Gasteiger partial charge in [0.1, 0.15) is 27.3 Å². The molecular weight excluding hydrogens is 441 g/mol. The Labute approximate surface area is 173 Å². The Balaban J connectivity index is 1.65. The zero-order valence-corrected chi connectivity index (χ0v) is 16.3. The maximum absolute atomic E-state index is 13.1. The molecule has 0 aliphatic carbocycles. The number of rotatable bonds is 3. The summed E-state index contributed by atoms with van der Waals surface area (Å²) >= 11 is 1.05. The van der Waals surface area contributed by atoms with Crippen molar-refractivity contribution in [2.75, 3.05) is 0 Å². The fourth-order valence-electron chi connectivity index (χ4n) is 3.26. The largest absolute Gasteiger partial charge is 0.435 e. The number of hydrogen-bond acceptors (Lipinski definition) is 6. The van der Waals surface area contributed by atoms with E-state index in [-0.39, 0.29) is 10.6 Å². The number of fused-ring (bicyclic) bond motifs is 5. The number of aromatic nitrogens is 5. The summed E-state index contributed by atoms with van der Waals surface area (Å²) in [5, 5.41) is 4.87. The molecule has 0 spiro atoms. The Morgan fingerprint density at radius 2 is 1.84 bits per heavy atom. The molecule has 31 heavy (non-hydrogen) atoms. The van der Waals surface area contributed by atoms with Crippen LogP contribution in [-0.2, 0) is 6.18 Å². The van der Waals surface area contributed by atoms with Crippen LogP contribution in [-0.4, -0.2) is 31.2 Å². The highest BCUT2D eigenvalue weighted by Crippen LogP contribution is 2.38. The first-order valence-corrected chi connectivity index (χ1v) is 9.60. The van der Waals surface area contributed by atoms with Crippen molar-refractivity contribution in [3.63, 3.8) is 0 Å². The molecule has 0 bridgehead atoms. The Morgan fingerprint density at radius 3 is 2.52 bits per heavy atom. The van der Waals surface area contributed by atoms with Crippen LogP contribution in [0.1, 0.15) is 11.3 Å². The summed E-state index contributed by atoms with van der Waals surface area (Å²) in [6.45, 7) is -1.35. The molecule has 4 aromatic heterocycles. The molecular formula is C19H10F5N5OS. The van der Waals surface area contributed by atoms with E-state index in [9.17, 15) is 22.0 Å². The predicted octanol–water partition coefficient (Wildman–Crippen LogP) is 5.48. The van der Waals surface area contributed by atoms with Crippen LogP contribution in [0.3, 0.4) is 0 Å². The third-order valence-electron chi connectivity index (χ3n) is 4.59. The van der Waals surface area contributed by atoms with Crippen molar-refractivity contribution in [2.24, 2.45) is 0 Å². The number of thiophene rings is 1. The van der Waals surface area contributed by atoms with E-state index < -0.39 is 18.5 Å². The summed E-state index contributed by atoms with van der Waals surface area (Å²) in [6.07, 6.45) is -3.13. The van der Waals surface area contributed by atoms with E-state index >= 15 is 0 Å². The normalized spacial score (nSPS) is 12.5. The zero-order valence-electron chi connectivity index (χ0n) is 15.5. The SMILES string of the molecule is Cc1cc(C(F)(F)F)nc2sc3c(ncn4nc(-c5ccc(OC(F)F)cc5)nc34)c12. The van der Waals surface area contributed by atoms with Gasteiger partial charge in [-0.1, -0.05) is 0 Å². The highest BCUT2D eigenvalue weighted by Gasteiger charge is 2.33. The second-order valence-electron chi connectivity index (χ2n) is 6.63. The molecule has 0 radical (unpaired) electrons. The second kappa shape index (κ2) is 6.80. The van der Waals surface area contributed by atoms with Gasteiger partial charge in [-0.25, -0.2) is 19.5 Å². The summed E-state index contributed by atoms with van der Waals surface area (Å²) in [5.41, 5.74) is 0.895. The van der Waals surface area contributed by atoms with Gasteiger partial charge >= 0.3 is 12.8 Å². The van der Waals surface area contributed by atoms with E-state index in [1.807, 2.05) is 0 Å². The Hall–Kier alpha value is -3.41. The van der Waals surface area contributed by atoms with Gasteiger partial charge in [0.2, 0.25) is 0 Å². The lowest BCUT2D eigenvalue weighted by atomic mass is 10.1. The first-order valence-electron chi connectivity index (χ1n) is 8.78. The highest BCUT2D eigenvalue weighted by atomic mass is 32.1. The molecule has 0 fully saturated rings. The molecule has 12 heteroatoms. The van der Waals surface area contributed by atoms with Crippen molar-refractivity contribution in [3.8, 4) is 17.1 Å². The van der Waals surface area contributed by atoms with Crippen LogP contribution in [0.5, 0.6) is 5.75 Å². The van der Waals surface area contributed by atoms with Crippen LogP contribution in [0.4, 0.5) is 22.0 Å². The summed E-state index contributed by atoms with van der Waals surface area (Å²) in [4.78, 5) is 12.8. The lowest BCUT2D eigenvalue weighted by molar-refractivity contribution is -0.141. The third-order valence-corrected chi connectivity index (χ3v) is 5.66. The molecule has 0 N–H and O–H groups in total. The van der Waals surface area contributed by atoms with Gasteiger partial charge in [-0.05, 0) is 42.8 Å². The number of alkyl halides is 5. The topological polar surface area (TPSA) is 65.2 Å². The van der Waals surface area contributed by atoms with Crippen molar-refractivity contribution in [2.45, 2.75) is 19.7 Å². The lowest BCUT2D eigenvalue weighted by Gasteiger charge is -2.06. The van der Waals surface area contributed by atoms with Gasteiger partial charge in [-0.15, -0.1) is 16.4 Å². The van der Waals surface area contributed by atoms with Gasteiger partial charge in [0.15, 0.2) is 11.5 Å². The molecule has 0 unspecified atom stereocenters. The van der Waals surface area contributed by atoms with Gasteiger partial charge in [0.05, 0.1) is 5.52 Å². The Morgan fingerprint density at radius 1 is 1.10 bits per heavy atom. The molecule has 158 valence electrons. The molecule has 5 aromatic rings. The van der Waals surface area contributed by atoms with Crippen molar-refractivity contribution >= 4 is 37.4 Å². The van der Waals surface area contributed by atoms with Crippen molar-refractivity contribution < 1.29 is 26.7 Å². The molecule has 4 heterocycles. The third kappa shape index (κ3) is 3.32. The molecule has 0 saturated carbocycles. The number of halogens is 5. The van der Waals surface area contributed by atoms with E-state index in [0.29, 0.717) is 38.2 Å². The number of pyridine rings is 1. The average Bonchev–Trinajstić information content (AvgIpc) is 3.28. The minimum Gasteiger partial charge on any atom is -0.435 e. The quantitative estimate of drug-likeness (QED) is 0.340. The van der Waals surface area contributed by atoms with Gasteiger partial charge in [-0.3, -0.25) is 0 Å². The first kappa shape index (κ1) is 19.5. The standard InChI is InChI=1S/C19H10F5N5OS/c1-8-6-11(19(22,23)24)26-17-12(8)13-14(31-17)16-27-15(28-29(16)7-25-13)9-2-4-10(5-3-9)30-18(20)21/h2-7,18H,1H3. The molecule has 0 saturated heterocycles. The average molecular weight is 451 g/mol. The van der Waals surface area contributed by atoms with Crippen molar-refractivity contribution in [3.05, 3.63) is 47.9 Å². The van der Waals surface area contributed by atoms with Crippen molar-refractivity contribution in [1.29, 1.82) is 0 Å². The van der Waals surface area contributed by atoms with Gasteiger partial charge in [-0.2, -0.15) is 22.0 Å². The monoisotopic (exact) mass is 451 g/mol. The minimum atomic E-state index is -4.56. The van der Waals surface area contributed by atoms with E-state index in [4.69, 9.17) is 0 Å². The Bertz CT molecular complexity index is 1440. The van der Waals surface area contributed by atoms with E-state index in [1.165, 1.54) is 35.1 Å². The highest BCUT2D eigenvalue weighted by molar-refractivity contribution is 7.26. The lowest BCUT2D eigenvalue weighted by Crippen LogP contribution is -2.07. The summed E-state index contributed by atoms with van der Waals surface area (Å²) < 4.78 is 70.3. The van der Waals surface area contributed by atoms with Gasteiger partial charge < -0.3 is 4.74 Å². The maximum atomic E-state index is 13.1. The van der Waals surface area contributed by atoms with Crippen LogP contribution in [0.25, 0.3) is 37.5 Å². The fourth-order valence-corrected chi connectivity index (χ4v) is 4.44. The molecule has 6 nitrogen and oxygen atoms in total. The maximum Gasteiger partial charge on any atom is 0.433 e. The summed E-state index contributed by atoms with van der Waals surface area (Å²) in [7, 11) is 0.